The summed E-state index contributed by atoms with van der Waals surface area (Å²) in [6, 6.07) is 7.40. The third-order valence-corrected chi connectivity index (χ3v) is 3.13. The molecule has 0 bridgehead atoms. The molecule has 16 heavy (non-hydrogen) atoms. The van der Waals surface area contributed by atoms with Crippen LogP contribution in [0.4, 0.5) is 0 Å². The van der Waals surface area contributed by atoms with Crippen LogP contribution in [0.5, 0.6) is 0 Å². The number of rotatable bonds is 5. The van der Waals surface area contributed by atoms with Gasteiger partial charge in [0, 0.05) is 16.2 Å². The number of methoxy groups -OCH3 is 1. The van der Waals surface area contributed by atoms with E-state index in [-0.39, 0.29) is 11.8 Å². The van der Waals surface area contributed by atoms with Gasteiger partial charge in [-0.05, 0) is 13.0 Å². The van der Waals surface area contributed by atoms with Crippen molar-refractivity contribution in [2.75, 3.05) is 12.9 Å². The summed E-state index contributed by atoms with van der Waals surface area (Å²) in [6.45, 7) is 1.54. The van der Waals surface area contributed by atoms with E-state index in [1.165, 1.54) is 18.9 Å². The highest BCUT2D eigenvalue weighted by atomic mass is 32.2. The maximum Gasteiger partial charge on any atom is 0.306 e. The number of ketones is 1. The number of carbonyl (C=O) groups excluding carboxylic acids is 2. The molecule has 0 spiro atoms. The Morgan fingerprint density at radius 2 is 2.00 bits per heavy atom. The van der Waals surface area contributed by atoms with Gasteiger partial charge in [-0.25, -0.2) is 0 Å². The lowest BCUT2D eigenvalue weighted by molar-refractivity contribution is -0.140. The molecule has 0 saturated heterocycles. The molecule has 0 aromatic heterocycles. The van der Waals surface area contributed by atoms with E-state index in [0.29, 0.717) is 17.7 Å². The molecule has 0 heterocycles. The van der Waals surface area contributed by atoms with Gasteiger partial charge in [0.15, 0.2) is 5.78 Å². The van der Waals surface area contributed by atoms with Gasteiger partial charge in [0.1, 0.15) is 0 Å². The molecule has 0 aliphatic heterocycles. The predicted molar refractivity (Wildman–Crippen MR) is 63.8 cm³/mol. The Balaban J connectivity index is 2.60. The van der Waals surface area contributed by atoms with Crippen LogP contribution >= 0.6 is 11.8 Å². The minimum absolute atomic E-state index is 0.0427. The summed E-state index contributed by atoms with van der Waals surface area (Å²) in [5.74, 6) is 0.436. The predicted octanol–water partition coefficient (Wildman–Crippen LogP) is 2.54. The van der Waals surface area contributed by atoms with Gasteiger partial charge in [0.2, 0.25) is 0 Å². The molecule has 0 N–H and O–H groups in total. The van der Waals surface area contributed by atoms with Crippen molar-refractivity contribution in [3.8, 4) is 0 Å². The lowest BCUT2D eigenvalue weighted by Gasteiger charge is -2.05. The lowest BCUT2D eigenvalue weighted by atomic mass is 10.1. The minimum Gasteiger partial charge on any atom is -0.469 e. The number of thioether (sulfide) groups is 1. The molecule has 3 nitrogen and oxygen atoms in total. The summed E-state index contributed by atoms with van der Waals surface area (Å²) in [6.07, 6.45) is 0.355. The van der Waals surface area contributed by atoms with Gasteiger partial charge < -0.3 is 4.74 Å². The van der Waals surface area contributed by atoms with Crippen LogP contribution in [-0.4, -0.2) is 24.6 Å². The van der Waals surface area contributed by atoms with Crippen molar-refractivity contribution in [3.63, 3.8) is 0 Å². The molecule has 0 amide bonds. The number of hydrogen-bond donors (Lipinski definition) is 0. The van der Waals surface area contributed by atoms with E-state index in [4.69, 9.17) is 0 Å². The largest absolute Gasteiger partial charge is 0.469 e. The Labute approximate surface area is 99.2 Å². The molecule has 86 valence electrons. The Bertz CT molecular complexity index is 388. The van der Waals surface area contributed by atoms with Gasteiger partial charge in [-0.15, -0.1) is 11.8 Å². The molecule has 0 fully saturated rings. The van der Waals surface area contributed by atoms with Crippen LogP contribution in [-0.2, 0) is 9.53 Å². The van der Waals surface area contributed by atoms with Crippen molar-refractivity contribution in [2.24, 2.45) is 0 Å². The first-order valence-corrected chi connectivity index (χ1v) is 5.93. The monoisotopic (exact) mass is 238 g/mol. The molecule has 1 rings (SSSR count). The van der Waals surface area contributed by atoms with E-state index in [0.717, 1.165) is 4.90 Å². The SMILES string of the molecule is COC(=O)CCSc1ccccc1C(C)=O. The van der Waals surface area contributed by atoms with Crippen molar-refractivity contribution >= 4 is 23.5 Å². The van der Waals surface area contributed by atoms with Gasteiger partial charge >= 0.3 is 5.97 Å². The molecule has 0 unspecified atom stereocenters. The highest BCUT2D eigenvalue weighted by Crippen LogP contribution is 2.23. The van der Waals surface area contributed by atoms with Gasteiger partial charge in [0.25, 0.3) is 0 Å². The van der Waals surface area contributed by atoms with Crippen LogP contribution < -0.4 is 0 Å². The number of hydrogen-bond acceptors (Lipinski definition) is 4. The summed E-state index contributed by atoms with van der Waals surface area (Å²) >= 11 is 1.50. The fourth-order valence-electron chi connectivity index (χ4n) is 1.23. The Kier molecular flexibility index (Phi) is 5.05. The molecule has 1 aromatic rings. The third-order valence-electron chi connectivity index (χ3n) is 2.06. The quantitative estimate of drug-likeness (QED) is 0.449. The fraction of sp³-hybridized carbons (Fsp3) is 0.333. The molecule has 0 aliphatic carbocycles. The zero-order valence-corrected chi connectivity index (χ0v) is 10.2. The second-order valence-electron chi connectivity index (χ2n) is 3.23. The first-order valence-electron chi connectivity index (χ1n) is 4.94. The van der Waals surface area contributed by atoms with Crippen molar-refractivity contribution in [3.05, 3.63) is 29.8 Å². The van der Waals surface area contributed by atoms with E-state index in [9.17, 15) is 9.59 Å². The Hall–Kier alpha value is -1.29. The van der Waals surface area contributed by atoms with Crippen molar-refractivity contribution in [2.45, 2.75) is 18.2 Å². The average molecular weight is 238 g/mol. The number of ether oxygens (including phenoxy) is 1. The molecular formula is C12H14O3S. The Morgan fingerprint density at radius 3 is 2.62 bits per heavy atom. The summed E-state index contributed by atoms with van der Waals surface area (Å²) in [5.41, 5.74) is 0.706. The third kappa shape index (κ3) is 3.70. The van der Waals surface area contributed by atoms with Gasteiger partial charge in [-0.3, -0.25) is 9.59 Å². The van der Waals surface area contributed by atoms with Gasteiger partial charge in [0.05, 0.1) is 13.5 Å². The molecule has 0 aliphatic rings. The normalized spacial score (nSPS) is 9.88. The molecule has 4 heteroatoms. The summed E-state index contributed by atoms with van der Waals surface area (Å²) < 4.78 is 4.55. The van der Waals surface area contributed by atoms with Gasteiger partial charge in [-0.1, -0.05) is 18.2 Å². The highest BCUT2D eigenvalue weighted by Gasteiger charge is 2.07. The average Bonchev–Trinajstić information content (AvgIpc) is 2.29. The second-order valence-corrected chi connectivity index (χ2v) is 4.36. The maximum absolute atomic E-state index is 11.3. The summed E-state index contributed by atoms with van der Waals surface area (Å²) in [7, 11) is 1.37. The lowest BCUT2D eigenvalue weighted by Crippen LogP contribution is -2.02. The van der Waals surface area contributed by atoms with E-state index >= 15 is 0 Å². The highest BCUT2D eigenvalue weighted by molar-refractivity contribution is 7.99. The van der Waals surface area contributed by atoms with Crippen LogP contribution in [0.2, 0.25) is 0 Å². The van der Waals surface area contributed by atoms with Gasteiger partial charge in [-0.2, -0.15) is 0 Å². The molecule has 0 radical (unpaired) electrons. The number of benzene rings is 1. The molecule has 0 saturated carbocycles. The minimum atomic E-state index is -0.229. The zero-order chi connectivity index (χ0) is 12.0. The number of carbonyl (C=O) groups is 2. The van der Waals surface area contributed by atoms with E-state index < -0.39 is 0 Å². The van der Waals surface area contributed by atoms with Crippen LogP contribution in [0, 0.1) is 0 Å². The van der Waals surface area contributed by atoms with E-state index in [2.05, 4.69) is 4.74 Å². The van der Waals surface area contributed by atoms with Crippen LogP contribution in [0.25, 0.3) is 0 Å². The van der Waals surface area contributed by atoms with E-state index in [1.807, 2.05) is 18.2 Å². The molecule has 0 atom stereocenters. The number of Topliss-reactive ketones (excluding diaryl/α,β-unsaturated/α-hetero) is 1. The maximum atomic E-state index is 11.3. The fourth-order valence-corrected chi connectivity index (χ4v) is 2.26. The molecular weight excluding hydrogens is 224 g/mol. The van der Waals surface area contributed by atoms with Crippen LogP contribution in [0.3, 0.4) is 0 Å². The van der Waals surface area contributed by atoms with Crippen LogP contribution in [0.15, 0.2) is 29.2 Å². The zero-order valence-electron chi connectivity index (χ0n) is 9.36. The van der Waals surface area contributed by atoms with Crippen molar-refractivity contribution in [1.29, 1.82) is 0 Å². The first-order chi connectivity index (χ1) is 7.65. The molecule has 1 aromatic carbocycles. The Morgan fingerprint density at radius 1 is 1.31 bits per heavy atom. The summed E-state index contributed by atoms with van der Waals surface area (Å²) in [5, 5.41) is 0. The topological polar surface area (TPSA) is 43.4 Å². The standard InChI is InChI=1S/C12H14O3S/c1-9(13)10-5-3-4-6-11(10)16-8-7-12(14)15-2/h3-6H,7-8H2,1-2H3. The summed E-state index contributed by atoms with van der Waals surface area (Å²) in [4.78, 5) is 23.1. The first kappa shape index (κ1) is 12.8. The van der Waals surface area contributed by atoms with Crippen molar-refractivity contribution in [1.82, 2.24) is 0 Å². The number of esters is 1. The second kappa shape index (κ2) is 6.33. The van der Waals surface area contributed by atoms with Crippen molar-refractivity contribution < 1.29 is 14.3 Å². The van der Waals surface area contributed by atoms with Crippen LogP contribution in [0.1, 0.15) is 23.7 Å². The van der Waals surface area contributed by atoms with E-state index in [1.54, 1.807) is 13.0 Å². The smallest absolute Gasteiger partial charge is 0.306 e.